The first kappa shape index (κ1) is 16.7. The molecule has 126 valence electrons. The lowest BCUT2D eigenvalue weighted by Crippen LogP contribution is -2.43. The molecule has 0 saturated carbocycles. The molecule has 24 heavy (non-hydrogen) atoms. The van der Waals surface area contributed by atoms with Crippen molar-refractivity contribution in [2.75, 3.05) is 13.1 Å². The highest BCUT2D eigenvalue weighted by Crippen LogP contribution is 2.22. The van der Waals surface area contributed by atoms with Crippen molar-refractivity contribution in [3.8, 4) is 11.1 Å². The molecule has 0 spiro atoms. The topological polar surface area (TPSA) is 40.5 Å². The van der Waals surface area contributed by atoms with Gasteiger partial charge in [0.25, 0.3) is 0 Å². The molecular weight excluding hydrogens is 298 g/mol. The van der Waals surface area contributed by atoms with Crippen molar-refractivity contribution in [1.29, 1.82) is 0 Å². The molecule has 1 heterocycles. The zero-order valence-electron chi connectivity index (χ0n) is 14.2. The van der Waals surface area contributed by atoms with Gasteiger partial charge < -0.3 is 10.0 Å². The normalized spacial score (nSPS) is 19.1. The van der Waals surface area contributed by atoms with Crippen molar-refractivity contribution in [2.45, 2.75) is 32.3 Å². The Kier molecular flexibility index (Phi) is 5.31. The molecule has 0 bridgehead atoms. The maximum atomic E-state index is 12.5. The number of rotatable bonds is 4. The van der Waals surface area contributed by atoms with Crippen LogP contribution < -0.4 is 0 Å². The van der Waals surface area contributed by atoms with Crippen molar-refractivity contribution >= 4 is 5.91 Å². The van der Waals surface area contributed by atoms with Crippen LogP contribution in [0.2, 0.25) is 0 Å². The van der Waals surface area contributed by atoms with Crippen LogP contribution in [-0.4, -0.2) is 35.1 Å². The standard InChI is InChI=1S/C21H25NO2/c1-16(23)20-8-5-13-22(15-20)21(24)14-17-9-11-19(12-10-17)18-6-3-2-4-7-18/h2-4,6-7,9-12,16,20,23H,5,8,13-15H2,1H3. The Balaban J connectivity index is 1.62. The molecule has 0 aliphatic carbocycles. The van der Waals surface area contributed by atoms with Gasteiger partial charge in [-0.25, -0.2) is 0 Å². The van der Waals surface area contributed by atoms with E-state index in [0.29, 0.717) is 13.0 Å². The molecule has 1 saturated heterocycles. The predicted octanol–water partition coefficient (Wildman–Crippen LogP) is 3.52. The van der Waals surface area contributed by atoms with Crippen LogP contribution in [0.15, 0.2) is 54.6 Å². The van der Waals surface area contributed by atoms with Crippen LogP contribution in [-0.2, 0) is 11.2 Å². The zero-order valence-corrected chi connectivity index (χ0v) is 14.2. The molecule has 3 heteroatoms. The summed E-state index contributed by atoms with van der Waals surface area (Å²) in [5.41, 5.74) is 3.39. The minimum absolute atomic E-state index is 0.160. The summed E-state index contributed by atoms with van der Waals surface area (Å²) in [4.78, 5) is 14.4. The number of likely N-dealkylation sites (tertiary alicyclic amines) is 1. The highest BCUT2D eigenvalue weighted by Gasteiger charge is 2.26. The molecule has 1 N–H and O–H groups in total. The van der Waals surface area contributed by atoms with Gasteiger partial charge in [-0.15, -0.1) is 0 Å². The van der Waals surface area contributed by atoms with E-state index in [1.54, 1.807) is 0 Å². The van der Waals surface area contributed by atoms with E-state index in [1.165, 1.54) is 11.1 Å². The van der Waals surface area contributed by atoms with Crippen molar-refractivity contribution in [3.05, 3.63) is 60.2 Å². The van der Waals surface area contributed by atoms with E-state index in [9.17, 15) is 9.90 Å². The SMILES string of the molecule is CC(O)C1CCCN(C(=O)Cc2ccc(-c3ccccc3)cc2)C1. The Hall–Kier alpha value is -2.13. The van der Waals surface area contributed by atoms with Gasteiger partial charge in [0.1, 0.15) is 0 Å². The van der Waals surface area contributed by atoms with Crippen LogP contribution in [0.1, 0.15) is 25.3 Å². The second-order valence-corrected chi connectivity index (χ2v) is 6.72. The Morgan fingerprint density at radius 3 is 2.46 bits per heavy atom. The average molecular weight is 323 g/mol. The van der Waals surface area contributed by atoms with Crippen LogP contribution in [0.3, 0.4) is 0 Å². The summed E-state index contributed by atoms with van der Waals surface area (Å²) in [6.07, 6.45) is 2.08. The molecular formula is C21H25NO2. The molecule has 1 amide bonds. The van der Waals surface area contributed by atoms with Gasteiger partial charge in [0.05, 0.1) is 12.5 Å². The highest BCUT2D eigenvalue weighted by atomic mass is 16.3. The summed E-state index contributed by atoms with van der Waals surface area (Å²) < 4.78 is 0. The maximum absolute atomic E-state index is 12.5. The van der Waals surface area contributed by atoms with E-state index in [2.05, 4.69) is 24.3 Å². The zero-order chi connectivity index (χ0) is 16.9. The average Bonchev–Trinajstić information content (AvgIpc) is 2.63. The number of aliphatic hydroxyl groups excluding tert-OH is 1. The number of carbonyl (C=O) groups is 1. The molecule has 1 aliphatic rings. The van der Waals surface area contributed by atoms with Gasteiger partial charge in [0.2, 0.25) is 5.91 Å². The number of benzene rings is 2. The molecule has 1 aliphatic heterocycles. The van der Waals surface area contributed by atoms with Gasteiger partial charge in [0, 0.05) is 19.0 Å². The molecule has 2 atom stereocenters. The molecule has 2 aromatic rings. The van der Waals surface area contributed by atoms with Crippen LogP contribution in [0.25, 0.3) is 11.1 Å². The van der Waals surface area contributed by atoms with E-state index in [1.807, 2.05) is 42.2 Å². The summed E-state index contributed by atoms with van der Waals surface area (Å²) in [7, 11) is 0. The third-order valence-corrected chi connectivity index (χ3v) is 4.91. The van der Waals surface area contributed by atoms with Gasteiger partial charge >= 0.3 is 0 Å². The van der Waals surface area contributed by atoms with Crippen LogP contribution in [0.4, 0.5) is 0 Å². The largest absolute Gasteiger partial charge is 0.393 e. The van der Waals surface area contributed by atoms with Crippen molar-refractivity contribution in [2.24, 2.45) is 5.92 Å². The summed E-state index contributed by atoms with van der Waals surface area (Å²) in [5, 5.41) is 9.77. The monoisotopic (exact) mass is 323 g/mol. The van der Waals surface area contributed by atoms with Crippen LogP contribution in [0, 0.1) is 5.92 Å². The van der Waals surface area contributed by atoms with Gasteiger partial charge in [0.15, 0.2) is 0 Å². The number of hydrogen-bond acceptors (Lipinski definition) is 2. The van der Waals surface area contributed by atoms with E-state index in [4.69, 9.17) is 0 Å². The minimum atomic E-state index is -0.342. The Labute approximate surface area is 143 Å². The lowest BCUT2D eigenvalue weighted by atomic mass is 9.93. The summed E-state index contributed by atoms with van der Waals surface area (Å²) in [6, 6.07) is 18.5. The number of piperidine rings is 1. The molecule has 2 aromatic carbocycles. The first-order chi connectivity index (χ1) is 11.6. The number of carbonyl (C=O) groups excluding carboxylic acids is 1. The van der Waals surface area contributed by atoms with Gasteiger partial charge in [-0.2, -0.15) is 0 Å². The second kappa shape index (κ2) is 7.63. The number of hydrogen-bond donors (Lipinski definition) is 1. The first-order valence-electron chi connectivity index (χ1n) is 8.73. The maximum Gasteiger partial charge on any atom is 0.227 e. The molecule has 3 nitrogen and oxygen atoms in total. The fraction of sp³-hybridized carbons (Fsp3) is 0.381. The molecule has 0 aromatic heterocycles. The summed E-state index contributed by atoms with van der Waals surface area (Å²) >= 11 is 0. The Bertz CT molecular complexity index is 664. The summed E-state index contributed by atoms with van der Waals surface area (Å²) in [6.45, 7) is 3.31. The van der Waals surface area contributed by atoms with Crippen LogP contribution in [0.5, 0.6) is 0 Å². The minimum Gasteiger partial charge on any atom is -0.393 e. The molecule has 1 fully saturated rings. The fourth-order valence-electron chi connectivity index (χ4n) is 3.36. The fourth-order valence-corrected chi connectivity index (χ4v) is 3.36. The Morgan fingerprint density at radius 1 is 1.12 bits per heavy atom. The summed E-state index contributed by atoms with van der Waals surface area (Å²) in [5.74, 6) is 0.371. The van der Waals surface area contributed by atoms with Crippen LogP contribution >= 0.6 is 0 Å². The first-order valence-corrected chi connectivity index (χ1v) is 8.73. The predicted molar refractivity (Wildman–Crippen MR) is 96.6 cm³/mol. The number of nitrogens with zero attached hydrogens (tertiary/aromatic N) is 1. The molecule has 3 rings (SSSR count). The van der Waals surface area contributed by atoms with Crippen molar-refractivity contribution in [3.63, 3.8) is 0 Å². The van der Waals surface area contributed by atoms with Crippen molar-refractivity contribution in [1.82, 2.24) is 4.90 Å². The van der Waals surface area contributed by atoms with Gasteiger partial charge in [-0.3, -0.25) is 4.79 Å². The lowest BCUT2D eigenvalue weighted by Gasteiger charge is -2.34. The number of aliphatic hydroxyl groups is 1. The van der Waals surface area contributed by atoms with Gasteiger partial charge in [-0.05, 0) is 36.5 Å². The third-order valence-electron chi connectivity index (χ3n) is 4.91. The lowest BCUT2D eigenvalue weighted by molar-refractivity contribution is -0.133. The smallest absolute Gasteiger partial charge is 0.227 e. The quantitative estimate of drug-likeness (QED) is 0.935. The van der Waals surface area contributed by atoms with E-state index in [0.717, 1.165) is 24.9 Å². The second-order valence-electron chi connectivity index (χ2n) is 6.72. The van der Waals surface area contributed by atoms with E-state index in [-0.39, 0.29) is 17.9 Å². The van der Waals surface area contributed by atoms with E-state index < -0.39 is 0 Å². The highest BCUT2D eigenvalue weighted by molar-refractivity contribution is 5.79. The van der Waals surface area contributed by atoms with Crippen molar-refractivity contribution < 1.29 is 9.90 Å². The third kappa shape index (κ3) is 4.04. The van der Waals surface area contributed by atoms with Gasteiger partial charge in [-0.1, -0.05) is 54.6 Å². The molecule has 2 unspecified atom stereocenters. The molecule has 0 radical (unpaired) electrons. The van der Waals surface area contributed by atoms with E-state index >= 15 is 0 Å². The Morgan fingerprint density at radius 2 is 1.79 bits per heavy atom. The number of amides is 1.